The third kappa shape index (κ3) is 6.85. The number of pyridine rings is 2. The zero-order valence-electron chi connectivity index (χ0n) is 30.6. The van der Waals surface area contributed by atoms with Crippen molar-refractivity contribution in [2.45, 2.75) is 0 Å². The Morgan fingerprint density at radius 3 is 1.47 bits per heavy atom. The summed E-state index contributed by atoms with van der Waals surface area (Å²) in [6.07, 6.45) is 10.7. The minimum Gasteiger partial charge on any atom is -0.497 e. The van der Waals surface area contributed by atoms with Crippen molar-refractivity contribution in [2.24, 2.45) is 0 Å². The molecular formula is C45H30F4N8O. The van der Waals surface area contributed by atoms with Crippen LogP contribution in [0.2, 0.25) is 0 Å². The molecule has 10 aromatic rings. The molecule has 0 amide bonds. The summed E-state index contributed by atoms with van der Waals surface area (Å²) >= 11 is 0. The van der Waals surface area contributed by atoms with Crippen LogP contribution in [0.1, 0.15) is 0 Å². The summed E-state index contributed by atoms with van der Waals surface area (Å²) in [5.74, 6) is -1.08. The van der Waals surface area contributed by atoms with Crippen LogP contribution < -0.4 is 4.74 Å². The molecule has 9 nitrogen and oxygen atoms in total. The van der Waals surface area contributed by atoms with Crippen molar-refractivity contribution >= 4 is 11.3 Å². The van der Waals surface area contributed by atoms with Gasteiger partial charge in [0.1, 0.15) is 40.3 Å². The average molecular weight is 775 g/mol. The quantitative estimate of drug-likeness (QED) is 0.151. The van der Waals surface area contributed by atoms with E-state index < -0.39 is 11.6 Å². The molecule has 13 heteroatoms. The molecule has 0 aliphatic carbocycles. The molecule has 0 aliphatic rings. The Morgan fingerprint density at radius 1 is 0.466 bits per heavy atom. The maximum atomic E-state index is 14.3. The molecule has 58 heavy (non-hydrogen) atoms. The van der Waals surface area contributed by atoms with Gasteiger partial charge in [-0.3, -0.25) is 8.80 Å². The maximum Gasteiger partial charge on any atom is 0.137 e. The highest BCUT2D eigenvalue weighted by atomic mass is 19.1. The first-order valence-electron chi connectivity index (χ1n) is 18.0. The second kappa shape index (κ2) is 15.0. The molecule has 10 rings (SSSR count). The monoisotopic (exact) mass is 774 g/mol. The molecule has 0 atom stereocenters. The van der Waals surface area contributed by atoms with Gasteiger partial charge in [-0.05, 0) is 121 Å². The van der Waals surface area contributed by atoms with Gasteiger partial charge < -0.3 is 4.74 Å². The standard InChI is InChI=1S/C23H17FN4O.C22H13F3N4/c1-29-20-9-2-16(3-10-20)22-14-25-23-11-4-17(15-27(22)23)21-12-13-26-28(21)19-7-5-18(24)6-8-19;23-15-2-5-17(6-3-15)29-20(9-10-27-29)14-1-8-22-26-12-21(28(22)13-14)18-7-4-16(24)11-19(18)25/h2-15H,1H3;1-13H. The number of aromatic nitrogens is 8. The number of hydrogen-bond acceptors (Lipinski definition) is 5. The number of imidazole rings is 2. The molecule has 0 unspecified atom stereocenters. The zero-order chi connectivity index (χ0) is 39.8. The van der Waals surface area contributed by atoms with Crippen molar-refractivity contribution < 1.29 is 22.3 Å². The predicted molar refractivity (Wildman–Crippen MR) is 213 cm³/mol. The van der Waals surface area contributed by atoms with Crippen molar-refractivity contribution in [3.8, 4) is 62.2 Å². The van der Waals surface area contributed by atoms with E-state index in [2.05, 4.69) is 24.6 Å². The summed E-state index contributed by atoms with van der Waals surface area (Å²) in [7, 11) is 1.65. The molecule has 0 saturated carbocycles. The molecule has 0 saturated heterocycles. The third-order valence-electron chi connectivity index (χ3n) is 9.62. The predicted octanol–water partition coefficient (Wildman–Crippen LogP) is 10.3. The zero-order valence-corrected chi connectivity index (χ0v) is 30.6. The van der Waals surface area contributed by atoms with Gasteiger partial charge in [-0.2, -0.15) is 10.2 Å². The van der Waals surface area contributed by atoms with E-state index in [1.807, 2.05) is 79.3 Å². The highest BCUT2D eigenvalue weighted by molar-refractivity contribution is 5.70. The largest absolute Gasteiger partial charge is 0.497 e. The van der Waals surface area contributed by atoms with Crippen molar-refractivity contribution in [2.75, 3.05) is 7.11 Å². The van der Waals surface area contributed by atoms with Crippen LogP contribution in [0.15, 0.2) is 165 Å². The fraction of sp³-hybridized carbons (Fsp3) is 0.0222. The minimum atomic E-state index is -0.659. The van der Waals surface area contributed by atoms with Crippen LogP contribution in [0.25, 0.3) is 67.7 Å². The van der Waals surface area contributed by atoms with Crippen molar-refractivity contribution in [1.82, 2.24) is 38.3 Å². The summed E-state index contributed by atoms with van der Waals surface area (Å²) < 4.78 is 66.7. The van der Waals surface area contributed by atoms with Crippen molar-refractivity contribution in [3.05, 3.63) is 188 Å². The Hall–Kier alpha value is -7.80. The van der Waals surface area contributed by atoms with Gasteiger partial charge in [0.2, 0.25) is 0 Å². The first kappa shape index (κ1) is 35.9. The van der Waals surface area contributed by atoms with Gasteiger partial charge >= 0.3 is 0 Å². The van der Waals surface area contributed by atoms with E-state index >= 15 is 0 Å². The lowest BCUT2D eigenvalue weighted by molar-refractivity contribution is 0.415. The van der Waals surface area contributed by atoms with Crippen LogP contribution in [0.3, 0.4) is 0 Å². The van der Waals surface area contributed by atoms with Gasteiger partial charge in [-0.1, -0.05) is 0 Å². The number of rotatable bonds is 7. The number of hydrogen-bond donors (Lipinski definition) is 0. The van der Waals surface area contributed by atoms with Crippen LogP contribution in [0, 0.1) is 23.3 Å². The lowest BCUT2D eigenvalue weighted by Crippen LogP contribution is -2.00. The van der Waals surface area contributed by atoms with Crippen LogP contribution in [0.4, 0.5) is 17.6 Å². The lowest BCUT2D eigenvalue weighted by atomic mass is 10.1. The van der Waals surface area contributed by atoms with E-state index in [1.165, 1.54) is 36.4 Å². The van der Waals surface area contributed by atoms with E-state index in [0.717, 1.165) is 56.9 Å². The molecule has 4 aromatic carbocycles. The average Bonchev–Trinajstić information content (AvgIpc) is 4.08. The first-order chi connectivity index (χ1) is 28.3. The molecule has 0 spiro atoms. The molecule has 0 aliphatic heterocycles. The van der Waals surface area contributed by atoms with Crippen molar-refractivity contribution in [1.29, 1.82) is 0 Å². The van der Waals surface area contributed by atoms with E-state index in [4.69, 9.17) is 4.74 Å². The summed E-state index contributed by atoms with van der Waals surface area (Å²) in [5, 5.41) is 8.75. The Kier molecular flexibility index (Phi) is 9.30. The fourth-order valence-corrected chi connectivity index (χ4v) is 6.76. The molecule has 6 aromatic heterocycles. The van der Waals surface area contributed by atoms with Gasteiger partial charge in [0.15, 0.2) is 0 Å². The van der Waals surface area contributed by atoms with Gasteiger partial charge in [0.05, 0.1) is 66.0 Å². The van der Waals surface area contributed by atoms with Gasteiger partial charge in [0, 0.05) is 40.7 Å². The van der Waals surface area contributed by atoms with Crippen molar-refractivity contribution in [3.63, 3.8) is 0 Å². The number of ether oxygens (including phenoxy) is 1. The summed E-state index contributed by atoms with van der Waals surface area (Å²) in [6.45, 7) is 0. The molecular weight excluding hydrogens is 745 g/mol. The topological polar surface area (TPSA) is 79.5 Å². The first-order valence-corrected chi connectivity index (χ1v) is 18.0. The van der Waals surface area contributed by atoms with Crippen LogP contribution in [0.5, 0.6) is 5.75 Å². The van der Waals surface area contributed by atoms with E-state index in [1.54, 1.807) is 63.7 Å². The molecule has 0 bridgehead atoms. The normalized spacial score (nSPS) is 11.2. The van der Waals surface area contributed by atoms with Gasteiger partial charge in [-0.15, -0.1) is 0 Å². The second-order valence-corrected chi connectivity index (χ2v) is 13.1. The van der Waals surface area contributed by atoms with Crippen LogP contribution >= 0.6 is 0 Å². The lowest BCUT2D eigenvalue weighted by Gasteiger charge is -2.09. The van der Waals surface area contributed by atoms with Gasteiger partial charge in [0.25, 0.3) is 0 Å². The minimum absolute atomic E-state index is 0.253. The molecule has 0 fully saturated rings. The van der Waals surface area contributed by atoms with E-state index in [0.29, 0.717) is 17.0 Å². The summed E-state index contributed by atoms with van der Waals surface area (Å²) in [5.41, 5.74) is 9.25. The molecule has 0 N–H and O–H groups in total. The smallest absolute Gasteiger partial charge is 0.137 e. The van der Waals surface area contributed by atoms with Gasteiger partial charge in [-0.25, -0.2) is 36.9 Å². The van der Waals surface area contributed by atoms with Crippen LogP contribution in [-0.4, -0.2) is 45.4 Å². The Balaban J connectivity index is 0.000000150. The molecule has 0 radical (unpaired) electrons. The highest BCUT2D eigenvalue weighted by Gasteiger charge is 2.15. The fourth-order valence-electron chi connectivity index (χ4n) is 6.76. The Bertz CT molecular complexity index is 3040. The Morgan fingerprint density at radius 2 is 0.948 bits per heavy atom. The maximum absolute atomic E-state index is 14.3. The van der Waals surface area contributed by atoms with Crippen LogP contribution in [-0.2, 0) is 0 Å². The number of halogens is 4. The molecule has 6 heterocycles. The number of benzene rings is 4. The second-order valence-electron chi connectivity index (χ2n) is 13.1. The Labute approximate surface area is 328 Å². The highest BCUT2D eigenvalue weighted by Crippen LogP contribution is 2.30. The number of methoxy groups -OCH3 is 1. The summed E-state index contributed by atoms with van der Waals surface area (Å²) in [4.78, 5) is 8.83. The van der Waals surface area contributed by atoms with E-state index in [9.17, 15) is 17.6 Å². The third-order valence-corrected chi connectivity index (χ3v) is 9.62. The summed E-state index contributed by atoms with van der Waals surface area (Å²) in [6, 6.07) is 35.1. The van der Waals surface area contributed by atoms with E-state index in [-0.39, 0.29) is 17.2 Å². The molecule has 284 valence electrons. The number of fused-ring (bicyclic) bond motifs is 2. The SMILES string of the molecule is COc1ccc(-c2cnc3ccc(-c4ccnn4-c4ccc(F)cc4)cn23)cc1.Fc1ccc(-n2nccc2-c2ccc3ncc(-c4ccc(F)cc4F)n3c2)cc1. The number of nitrogens with zero attached hydrogens (tertiary/aromatic N) is 8.